The topological polar surface area (TPSA) is 73.8 Å². The molecule has 1 amide bonds. The molecule has 1 aromatic rings. The summed E-state index contributed by atoms with van der Waals surface area (Å²) >= 11 is 0. The molecule has 0 saturated carbocycles. The normalized spacial score (nSPS) is 22.8. The minimum Gasteiger partial charge on any atom is -0.369 e. The lowest BCUT2D eigenvalue weighted by atomic mass is 9.91. The van der Waals surface area contributed by atoms with E-state index in [4.69, 9.17) is 14.7 Å². The predicted molar refractivity (Wildman–Crippen MR) is 158 cm³/mol. The van der Waals surface area contributed by atoms with Crippen LogP contribution in [0, 0.1) is 0 Å². The molecule has 3 fully saturated rings. The maximum atomic E-state index is 11.6. The second kappa shape index (κ2) is 15.3. The Balaban J connectivity index is 1.05. The monoisotopic (exact) mass is 542 g/mol. The van der Waals surface area contributed by atoms with E-state index in [1.165, 1.54) is 83.0 Å². The van der Waals surface area contributed by atoms with E-state index in [9.17, 15) is 4.79 Å². The van der Waals surface area contributed by atoms with Crippen molar-refractivity contribution in [2.24, 2.45) is 0 Å². The summed E-state index contributed by atoms with van der Waals surface area (Å²) in [6.45, 7) is 15.3. The van der Waals surface area contributed by atoms with Crippen molar-refractivity contribution in [3.8, 4) is 0 Å². The molecule has 0 aliphatic carbocycles. The quantitative estimate of drug-likeness (QED) is 0.325. The Morgan fingerprint density at radius 3 is 2.15 bits per heavy atom. The van der Waals surface area contributed by atoms with Gasteiger partial charge in [-0.1, -0.05) is 25.7 Å². The smallest absolute Gasteiger partial charge is 0.246 e. The molecule has 1 aromatic heterocycles. The fraction of sp³-hybridized carbons (Fsp3) is 0.839. The van der Waals surface area contributed by atoms with E-state index in [-0.39, 0.29) is 18.6 Å². The molecule has 3 aliphatic rings. The van der Waals surface area contributed by atoms with E-state index in [1.54, 1.807) is 0 Å². The first-order valence-corrected chi connectivity index (χ1v) is 15.9. The number of fused-ring (bicyclic) bond motifs is 2. The number of nitrogens with zero attached hydrogens (tertiary/aromatic N) is 5. The van der Waals surface area contributed by atoms with Gasteiger partial charge in [-0.2, -0.15) is 0 Å². The van der Waals surface area contributed by atoms with Crippen LogP contribution in [0.15, 0.2) is 12.4 Å². The highest BCUT2D eigenvalue weighted by atomic mass is 16.5. The number of carbonyl (C=O) groups excluding carboxylic acids is 1. The molecule has 4 heterocycles. The molecular formula is C31H54N6O2. The van der Waals surface area contributed by atoms with Crippen LogP contribution >= 0.6 is 0 Å². The first-order chi connectivity index (χ1) is 18.9. The number of piperidine rings is 1. The Kier molecular flexibility index (Phi) is 11.8. The van der Waals surface area contributed by atoms with E-state index < -0.39 is 0 Å². The van der Waals surface area contributed by atoms with Gasteiger partial charge in [0.2, 0.25) is 11.9 Å². The molecule has 2 bridgehead atoms. The third kappa shape index (κ3) is 9.12. The van der Waals surface area contributed by atoms with Crippen molar-refractivity contribution in [3.05, 3.63) is 18.0 Å². The Bertz CT molecular complexity index is 841. The standard InChI is InChI=1S/C31H54N6O2/c1-24(2)36-21-28-11-12-29(22-36)37(28)31-33-19-27(20-34-31)26-13-17-35(18-14-26)16-10-8-6-5-7-9-15-32-30(38)23-39-25(3)4/h19-20,24-26,28-29H,5-18,21-23H2,1-4H3,(H,32,38). The molecular weight excluding hydrogens is 488 g/mol. The van der Waals surface area contributed by atoms with Crippen molar-refractivity contribution in [1.82, 2.24) is 25.1 Å². The van der Waals surface area contributed by atoms with E-state index >= 15 is 0 Å². The molecule has 0 radical (unpaired) electrons. The fourth-order valence-corrected chi connectivity index (χ4v) is 6.54. The number of hydrogen-bond acceptors (Lipinski definition) is 7. The van der Waals surface area contributed by atoms with Gasteiger partial charge in [0.25, 0.3) is 0 Å². The highest BCUT2D eigenvalue weighted by Crippen LogP contribution is 2.34. The summed E-state index contributed by atoms with van der Waals surface area (Å²) < 4.78 is 5.32. The lowest BCUT2D eigenvalue weighted by molar-refractivity contribution is -0.127. The van der Waals surface area contributed by atoms with Gasteiger partial charge >= 0.3 is 0 Å². The van der Waals surface area contributed by atoms with E-state index in [2.05, 4.69) is 46.3 Å². The molecule has 1 N–H and O–H groups in total. The molecule has 220 valence electrons. The number of hydrogen-bond donors (Lipinski definition) is 1. The van der Waals surface area contributed by atoms with Crippen LogP contribution < -0.4 is 10.2 Å². The minimum absolute atomic E-state index is 0.000468. The van der Waals surface area contributed by atoms with Gasteiger partial charge < -0.3 is 19.9 Å². The molecule has 2 unspecified atom stereocenters. The number of likely N-dealkylation sites (tertiary alicyclic amines) is 2. The van der Waals surface area contributed by atoms with Crippen LogP contribution in [0.3, 0.4) is 0 Å². The molecule has 8 nitrogen and oxygen atoms in total. The van der Waals surface area contributed by atoms with Crippen molar-refractivity contribution >= 4 is 11.9 Å². The molecule has 4 rings (SSSR count). The Hall–Kier alpha value is -1.77. The number of nitrogens with one attached hydrogen (secondary N) is 1. The van der Waals surface area contributed by atoms with E-state index in [1.807, 2.05) is 13.8 Å². The third-order valence-electron chi connectivity index (χ3n) is 8.96. The predicted octanol–water partition coefficient (Wildman–Crippen LogP) is 4.60. The van der Waals surface area contributed by atoms with Crippen molar-refractivity contribution in [1.29, 1.82) is 0 Å². The Labute approximate surface area is 237 Å². The van der Waals surface area contributed by atoms with Gasteiger partial charge in [-0.05, 0) is 97.3 Å². The maximum Gasteiger partial charge on any atom is 0.246 e. The van der Waals surface area contributed by atoms with E-state index in [0.717, 1.165) is 32.0 Å². The van der Waals surface area contributed by atoms with Crippen molar-refractivity contribution in [2.45, 2.75) is 122 Å². The maximum absolute atomic E-state index is 11.6. The average molecular weight is 543 g/mol. The summed E-state index contributed by atoms with van der Waals surface area (Å²) in [5.41, 5.74) is 1.33. The lowest BCUT2D eigenvalue weighted by Crippen LogP contribution is -2.56. The summed E-state index contributed by atoms with van der Waals surface area (Å²) in [5, 5.41) is 2.94. The minimum atomic E-state index is -0.000468. The van der Waals surface area contributed by atoms with Crippen LogP contribution in [0.1, 0.15) is 103 Å². The Morgan fingerprint density at radius 1 is 0.923 bits per heavy atom. The summed E-state index contributed by atoms with van der Waals surface area (Å²) in [5.74, 6) is 1.55. The van der Waals surface area contributed by atoms with Gasteiger partial charge in [0.05, 0.1) is 6.10 Å². The highest BCUT2D eigenvalue weighted by molar-refractivity contribution is 5.77. The number of aromatic nitrogens is 2. The van der Waals surface area contributed by atoms with Gasteiger partial charge in [-0.25, -0.2) is 9.97 Å². The lowest BCUT2D eigenvalue weighted by Gasteiger charge is -2.42. The summed E-state index contributed by atoms with van der Waals surface area (Å²) in [4.78, 5) is 29.2. The zero-order chi connectivity index (χ0) is 27.6. The zero-order valence-corrected chi connectivity index (χ0v) is 25.1. The number of rotatable bonds is 15. The molecule has 3 saturated heterocycles. The van der Waals surface area contributed by atoms with E-state index in [0.29, 0.717) is 24.0 Å². The van der Waals surface area contributed by atoms with Crippen LogP contribution in [0.5, 0.6) is 0 Å². The Morgan fingerprint density at radius 2 is 1.54 bits per heavy atom. The van der Waals surface area contributed by atoms with Crippen LogP contribution in [-0.2, 0) is 9.53 Å². The van der Waals surface area contributed by atoms with Gasteiger partial charge in [0, 0.05) is 50.2 Å². The van der Waals surface area contributed by atoms with Gasteiger partial charge in [0.15, 0.2) is 0 Å². The third-order valence-corrected chi connectivity index (χ3v) is 8.96. The van der Waals surface area contributed by atoms with Crippen LogP contribution in [0.4, 0.5) is 5.95 Å². The summed E-state index contributed by atoms with van der Waals surface area (Å²) in [7, 11) is 0. The molecule has 0 spiro atoms. The number of piperazine rings is 1. The highest BCUT2D eigenvalue weighted by Gasteiger charge is 2.41. The fourth-order valence-electron chi connectivity index (χ4n) is 6.54. The number of amides is 1. The second-order valence-corrected chi connectivity index (χ2v) is 12.6. The number of unbranched alkanes of at least 4 members (excludes halogenated alkanes) is 5. The average Bonchev–Trinajstić information content (AvgIpc) is 3.19. The second-order valence-electron chi connectivity index (χ2n) is 12.6. The number of anilines is 1. The first-order valence-electron chi connectivity index (χ1n) is 15.9. The first kappa shape index (κ1) is 30.2. The van der Waals surface area contributed by atoms with Gasteiger partial charge in [-0.15, -0.1) is 0 Å². The van der Waals surface area contributed by atoms with Crippen molar-refractivity contribution in [3.63, 3.8) is 0 Å². The van der Waals surface area contributed by atoms with Gasteiger partial charge in [0.1, 0.15) is 6.61 Å². The van der Waals surface area contributed by atoms with Crippen molar-refractivity contribution in [2.75, 3.05) is 50.8 Å². The molecule has 2 atom stereocenters. The SMILES string of the molecule is CC(C)OCC(=O)NCCCCCCCCN1CCC(c2cnc(N3C4CCC3CN(C(C)C)C4)nc2)CC1. The molecule has 3 aliphatic heterocycles. The van der Waals surface area contributed by atoms with Crippen molar-refractivity contribution < 1.29 is 9.53 Å². The number of ether oxygens (including phenoxy) is 1. The van der Waals surface area contributed by atoms with Crippen LogP contribution in [-0.4, -0.2) is 95.8 Å². The number of carbonyl (C=O) groups is 1. The largest absolute Gasteiger partial charge is 0.369 e. The van der Waals surface area contributed by atoms with Crippen LogP contribution in [0.25, 0.3) is 0 Å². The zero-order valence-electron chi connectivity index (χ0n) is 25.1. The summed E-state index contributed by atoms with van der Waals surface area (Å²) in [6, 6.07) is 1.77. The molecule has 0 aromatic carbocycles. The van der Waals surface area contributed by atoms with Crippen LogP contribution in [0.2, 0.25) is 0 Å². The summed E-state index contributed by atoms with van der Waals surface area (Å²) in [6.07, 6.45) is 16.7. The molecule has 8 heteroatoms. The molecule has 39 heavy (non-hydrogen) atoms. The van der Waals surface area contributed by atoms with Gasteiger partial charge in [-0.3, -0.25) is 9.69 Å².